The molecule has 0 heterocycles. The quantitative estimate of drug-likeness (QED) is 0.671. The standard InChI is InChI=1S/C11H22N2O2/c1-13(10-4-2-3-5-10)8-6-11(15)12-7-9-14/h10,14H,2-9H2,1H3,(H,12,15). The minimum Gasteiger partial charge on any atom is -0.395 e. The summed E-state index contributed by atoms with van der Waals surface area (Å²) in [6, 6.07) is 0.677. The molecule has 1 aliphatic rings. The summed E-state index contributed by atoms with van der Waals surface area (Å²) in [6.07, 6.45) is 5.73. The third kappa shape index (κ3) is 4.62. The Balaban J connectivity index is 2.09. The van der Waals surface area contributed by atoms with Crippen LogP contribution in [0.3, 0.4) is 0 Å². The fraction of sp³-hybridized carbons (Fsp3) is 0.909. The second-order valence-electron chi connectivity index (χ2n) is 4.24. The van der Waals surface area contributed by atoms with Crippen molar-refractivity contribution in [3.05, 3.63) is 0 Å². The molecule has 0 aliphatic heterocycles. The Hall–Kier alpha value is -0.610. The highest BCUT2D eigenvalue weighted by molar-refractivity contribution is 5.76. The van der Waals surface area contributed by atoms with Crippen molar-refractivity contribution in [1.82, 2.24) is 10.2 Å². The van der Waals surface area contributed by atoms with E-state index in [0.29, 0.717) is 19.0 Å². The maximum Gasteiger partial charge on any atom is 0.221 e. The summed E-state index contributed by atoms with van der Waals surface area (Å²) in [5, 5.41) is 11.2. The first-order valence-corrected chi connectivity index (χ1v) is 5.82. The van der Waals surface area contributed by atoms with Crippen LogP contribution in [-0.4, -0.2) is 48.7 Å². The van der Waals surface area contributed by atoms with Crippen molar-refractivity contribution < 1.29 is 9.90 Å². The smallest absolute Gasteiger partial charge is 0.221 e. The lowest BCUT2D eigenvalue weighted by molar-refractivity contribution is -0.121. The van der Waals surface area contributed by atoms with Crippen LogP contribution in [0.5, 0.6) is 0 Å². The fourth-order valence-electron chi connectivity index (χ4n) is 2.09. The molecule has 1 saturated carbocycles. The first-order chi connectivity index (χ1) is 7.24. The number of nitrogens with one attached hydrogen (secondary N) is 1. The van der Waals surface area contributed by atoms with Gasteiger partial charge in [-0.05, 0) is 19.9 Å². The zero-order valence-corrected chi connectivity index (χ0v) is 9.54. The monoisotopic (exact) mass is 214 g/mol. The number of hydrogen-bond donors (Lipinski definition) is 2. The molecule has 15 heavy (non-hydrogen) atoms. The predicted octanol–water partition coefficient (Wildman–Crippen LogP) is 0.359. The molecule has 0 atom stereocenters. The topological polar surface area (TPSA) is 52.6 Å². The van der Waals surface area contributed by atoms with Crippen LogP contribution in [0.15, 0.2) is 0 Å². The molecule has 0 bridgehead atoms. The maximum absolute atomic E-state index is 11.3. The van der Waals surface area contributed by atoms with Crippen LogP contribution in [0.1, 0.15) is 32.1 Å². The third-order valence-corrected chi connectivity index (χ3v) is 3.07. The summed E-state index contributed by atoms with van der Waals surface area (Å²) in [5.74, 6) is 0.0360. The zero-order chi connectivity index (χ0) is 11.1. The number of aliphatic hydroxyl groups excluding tert-OH is 1. The molecule has 88 valence electrons. The zero-order valence-electron chi connectivity index (χ0n) is 9.54. The SMILES string of the molecule is CN(CCC(=O)NCCO)C1CCCC1. The molecule has 0 aromatic heterocycles. The van der Waals surface area contributed by atoms with E-state index in [2.05, 4.69) is 17.3 Å². The van der Waals surface area contributed by atoms with Gasteiger partial charge in [0.2, 0.25) is 5.91 Å². The van der Waals surface area contributed by atoms with Gasteiger partial charge in [-0.3, -0.25) is 4.79 Å². The van der Waals surface area contributed by atoms with Gasteiger partial charge in [-0.25, -0.2) is 0 Å². The van der Waals surface area contributed by atoms with Gasteiger partial charge in [0.1, 0.15) is 0 Å². The van der Waals surface area contributed by atoms with E-state index in [1.807, 2.05) is 0 Å². The lowest BCUT2D eigenvalue weighted by atomic mass is 10.2. The first-order valence-electron chi connectivity index (χ1n) is 5.82. The number of carbonyl (C=O) groups excluding carboxylic acids is 1. The second kappa shape index (κ2) is 6.80. The summed E-state index contributed by atoms with van der Waals surface area (Å²) in [7, 11) is 2.09. The summed E-state index contributed by atoms with van der Waals surface area (Å²) in [4.78, 5) is 13.6. The molecular weight excluding hydrogens is 192 g/mol. The Labute approximate surface area is 91.6 Å². The number of aliphatic hydroxyl groups is 1. The number of nitrogens with zero attached hydrogens (tertiary/aromatic N) is 1. The van der Waals surface area contributed by atoms with Crippen LogP contribution >= 0.6 is 0 Å². The molecular formula is C11H22N2O2. The van der Waals surface area contributed by atoms with Crippen molar-refractivity contribution in [1.29, 1.82) is 0 Å². The molecule has 1 amide bonds. The molecule has 0 aromatic carbocycles. The largest absolute Gasteiger partial charge is 0.395 e. The molecule has 4 nitrogen and oxygen atoms in total. The van der Waals surface area contributed by atoms with Gasteiger partial charge in [-0.1, -0.05) is 12.8 Å². The Bertz CT molecular complexity index is 191. The lowest BCUT2D eigenvalue weighted by Gasteiger charge is -2.23. The van der Waals surface area contributed by atoms with Gasteiger partial charge >= 0.3 is 0 Å². The van der Waals surface area contributed by atoms with Crippen LogP contribution in [0, 0.1) is 0 Å². The van der Waals surface area contributed by atoms with Gasteiger partial charge in [0, 0.05) is 25.6 Å². The van der Waals surface area contributed by atoms with Crippen LogP contribution in [0.2, 0.25) is 0 Å². The van der Waals surface area contributed by atoms with E-state index in [4.69, 9.17) is 5.11 Å². The summed E-state index contributed by atoms with van der Waals surface area (Å²) >= 11 is 0. The van der Waals surface area contributed by atoms with Crippen LogP contribution in [-0.2, 0) is 4.79 Å². The van der Waals surface area contributed by atoms with E-state index in [1.165, 1.54) is 25.7 Å². The number of hydrogen-bond acceptors (Lipinski definition) is 3. The highest BCUT2D eigenvalue weighted by atomic mass is 16.3. The highest BCUT2D eigenvalue weighted by Gasteiger charge is 2.19. The number of rotatable bonds is 6. The number of carbonyl (C=O) groups is 1. The van der Waals surface area contributed by atoms with Crippen molar-refractivity contribution in [2.24, 2.45) is 0 Å². The van der Waals surface area contributed by atoms with Crippen molar-refractivity contribution in [2.75, 3.05) is 26.7 Å². The summed E-state index contributed by atoms with van der Waals surface area (Å²) < 4.78 is 0. The van der Waals surface area contributed by atoms with E-state index >= 15 is 0 Å². The molecule has 0 radical (unpaired) electrons. The Morgan fingerprint density at radius 3 is 2.73 bits per heavy atom. The van der Waals surface area contributed by atoms with Gasteiger partial charge in [-0.2, -0.15) is 0 Å². The van der Waals surface area contributed by atoms with Crippen LogP contribution in [0.25, 0.3) is 0 Å². The molecule has 2 N–H and O–H groups in total. The normalized spacial score (nSPS) is 17.3. The fourth-order valence-corrected chi connectivity index (χ4v) is 2.09. The maximum atomic E-state index is 11.3. The number of amides is 1. The van der Waals surface area contributed by atoms with E-state index in [0.717, 1.165) is 6.54 Å². The van der Waals surface area contributed by atoms with E-state index in [-0.39, 0.29) is 12.5 Å². The van der Waals surface area contributed by atoms with Gasteiger partial charge in [0.05, 0.1) is 6.61 Å². The molecule has 0 unspecified atom stereocenters. The van der Waals surface area contributed by atoms with Gasteiger partial charge in [0.15, 0.2) is 0 Å². The predicted molar refractivity (Wildman–Crippen MR) is 59.6 cm³/mol. The van der Waals surface area contributed by atoms with Gasteiger partial charge in [0.25, 0.3) is 0 Å². The van der Waals surface area contributed by atoms with Crippen LogP contribution < -0.4 is 5.32 Å². The van der Waals surface area contributed by atoms with Crippen molar-refractivity contribution in [2.45, 2.75) is 38.1 Å². The molecule has 1 fully saturated rings. The Morgan fingerprint density at radius 1 is 1.47 bits per heavy atom. The van der Waals surface area contributed by atoms with E-state index in [9.17, 15) is 4.79 Å². The molecule has 4 heteroatoms. The van der Waals surface area contributed by atoms with Gasteiger partial charge < -0.3 is 15.3 Å². The van der Waals surface area contributed by atoms with Gasteiger partial charge in [-0.15, -0.1) is 0 Å². The molecule has 0 saturated heterocycles. The van der Waals surface area contributed by atoms with E-state index in [1.54, 1.807) is 0 Å². The molecule has 1 aliphatic carbocycles. The van der Waals surface area contributed by atoms with Crippen molar-refractivity contribution >= 4 is 5.91 Å². The molecule has 1 rings (SSSR count). The minimum absolute atomic E-state index is 0.0181. The summed E-state index contributed by atoms with van der Waals surface area (Å²) in [6.45, 7) is 1.21. The Kier molecular flexibility index (Phi) is 5.65. The minimum atomic E-state index is 0.0181. The van der Waals surface area contributed by atoms with E-state index < -0.39 is 0 Å². The lowest BCUT2D eigenvalue weighted by Crippen LogP contribution is -2.34. The molecule has 0 spiro atoms. The highest BCUT2D eigenvalue weighted by Crippen LogP contribution is 2.22. The second-order valence-corrected chi connectivity index (χ2v) is 4.24. The average molecular weight is 214 g/mol. The molecule has 0 aromatic rings. The Morgan fingerprint density at radius 2 is 2.13 bits per heavy atom. The van der Waals surface area contributed by atoms with Crippen molar-refractivity contribution in [3.8, 4) is 0 Å². The van der Waals surface area contributed by atoms with Crippen LogP contribution in [0.4, 0.5) is 0 Å². The summed E-state index contributed by atoms with van der Waals surface area (Å²) in [5.41, 5.74) is 0. The average Bonchev–Trinajstić information content (AvgIpc) is 2.76. The third-order valence-electron chi connectivity index (χ3n) is 3.07. The first kappa shape index (κ1) is 12.5. The van der Waals surface area contributed by atoms with Crippen molar-refractivity contribution in [3.63, 3.8) is 0 Å².